The van der Waals surface area contributed by atoms with Crippen LogP contribution in [-0.4, -0.2) is 14.5 Å². The molecule has 0 unspecified atom stereocenters. The van der Waals surface area contributed by atoms with Gasteiger partial charge in [-0.3, -0.25) is 4.57 Å². The fraction of sp³-hybridized carbons (Fsp3) is 0.0345. The lowest BCUT2D eigenvalue weighted by Gasteiger charge is -2.12. The summed E-state index contributed by atoms with van der Waals surface area (Å²) in [6.45, 7) is 2.12. The van der Waals surface area contributed by atoms with Gasteiger partial charge in [-0.25, -0.2) is 9.97 Å². The van der Waals surface area contributed by atoms with Crippen molar-refractivity contribution in [1.29, 1.82) is 0 Å². The molecule has 32 heavy (non-hydrogen) atoms. The normalized spacial score (nSPS) is 11.3. The van der Waals surface area contributed by atoms with Crippen molar-refractivity contribution in [2.45, 2.75) is 6.92 Å². The molecular formula is C29H21N3. The van der Waals surface area contributed by atoms with E-state index in [0.29, 0.717) is 5.95 Å². The second-order valence-electron chi connectivity index (χ2n) is 8.04. The third-order valence-corrected chi connectivity index (χ3v) is 5.88. The van der Waals surface area contributed by atoms with Gasteiger partial charge in [0.05, 0.1) is 22.4 Å². The highest BCUT2D eigenvalue weighted by atomic mass is 15.2. The third kappa shape index (κ3) is 3.07. The molecule has 2 aromatic heterocycles. The van der Waals surface area contributed by atoms with E-state index in [2.05, 4.69) is 84.3 Å². The van der Waals surface area contributed by atoms with Crippen molar-refractivity contribution in [3.8, 4) is 28.5 Å². The minimum Gasteiger partial charge on any atom is -0.278 e. The molecular weight excluding hydrogens is 390 g/mol. The zero-order valence-corrected chi connectivity index (χ0v) is 17.7. The molecule has 0 fully saturated rings. The lowest BCUT2D eigenvalue weighted by atomic mass is 10.1. The zero-order valence-electron chi connectivity index (χ0n) is 17.7. The predicted octanol–water partition coefficient (Wildman–Crippen LogP) is 7.22. The lowest BCUT2D eigenvalue weighted by molar-refractivity contribution is 0.995. The Hall–Kier alpha value is -4.24. The third-order valence-electron chi connectivity index (χ3n) is 5.88. The summed E-state index contributed by atoms with van der Waals surface area (Å²) >= 11 is 0. The average Bonchev–Trinajstić information content (AvgIpc) is 3.18. The summed E-state index contributed by atoms with van der Waals surface area (Å²) in [6.07, 6.45) is 0. The Bertz CT molecular complexity index is 1510. The van der Waals surface area contributed by atoms with E-state index in [9.17, 15) is 0 Å². The Morgan fingerprint density at radius 1 is 0.531 bits per heavy atom. The van der Waals surface area contributed by atoms with Gasteiger partial charge in [0, 0.05) is 21.9 Å². The zero-order chi connectivity index (χ0) is 21.5. The summed E-state index contributed by atoms with van der Waals surface area (Å²) in [6, 6.07) is 37.7. The number of hydrogen-bond acceptors (Lipinski definition) is 2. The maximum Gasteiger partial charge on any atom is 0.235 e. The summed E-state index contributed by atoms with van der Waals surface area (Å²) in [5, 5.41) is 2.42. The van der Waals surface area contributed by atoms with E-state index in [0.717, 1.165) is 33.5 Å². The van der Waals surface area contributed by atoms with E-state index in [4.69, 9.17) is 9.97 Å². The van der Waals surface area contributed by atoms with Crippen molar-refractivity contribution in [1.82, 2.24) is 14.5 Å². The Labute approximate surface area is 186 Å². The number of benzene rings is 4. The molecule has 0 atom stereocenters. The van der Waals surface area contributed by atoms with E-state index in [1.165, 1.54) is 16.3 Å². The highest BCUT2D eigenvalue weighted by Gasteiger charge is 2.16. The van der Waals surface area contributed by atoms with Crippen LogP contribution < -0.4 is 0 Å². The van der Waals surface area contributed by atoms with Gasteiger partial charge in [0.25, 0.3) is 0 Å². The molecule has 0 radical (unpaired) electrons. The number of para-hydroxylation sites is 1. The van der Waals surface area contributed by atoms with E-state index >= 15 is 0 Å². The molecule has 0 spiro atoms. The van der Waals surface area contributed by atoms with Gasteiger partial charge in [-0.1, -0.05) is 91.0 Å². The number of rotatable bonds is 3. The molecule has 3 nitrogen and oxygen atoms in total. The second-order valence-corrected chi connectivity index (χ2v) is 8.04. The average molecular weight is 412 g/mol. The van der Waals surface area contributed by atoms with Gasteiger partial charge in [-0.2, -0.15) is 0 Å². The van der Waals surface area contributed by atoms with Crippen LogP contribution in [0.25, 0.3) is 50.3 Å². The summed E-state index contributed by atoms with van der Waals surface area (Å²) in [5.41, 5.74) is 7.41. The van der Waals surface area contributed by atoms with Crippen LogP contribution in [0.3, 0.4) is 0 Å². The molecule has 0 N–H and O–H groups in total. The molecule has 6 rings (SSSR count). The lowest BCUT2D eigenvalue weighted by Crippen LogP contribution is -2.04. The van der Waals surface area contributed by atoms with Crippen LogP contribution >= 0.6 is 0 Å². The Balaban J connectivity index is 1.70. The van der Waals surface area contributed by atoms with Crippen LogP contribution in [0.1, 0.15) is 5.56 Å². The predicted molar refractivity (Wildman–Crippen MR) is 132 cm³/mol. The number of hydrogen-bond donors (Lipinski definition) is 0. The van der Waals surface area contributed by atoms with Gasteiger partial charge < -0.3 is 0 Å². The molecule has 3 heteroatoms. The molecule has 2 heterocycles. The first-order chi connectivity index (χ1) is 15.8. The Morgan fingerprint density at radius 3 is 1.75 bits per heavy atom. The Morgan fingerprint density at radius 2 is 1.09 bits per heavy atom. The summed E-state index contributed by atoms with van der Waals surface area (Å²) in [4.78, 5) is 10.1. The van der Waals surface area contributed by atoms with E-state index in [1.54, 1.807) is 0 Å². The summed E-state index contributed by atoms with van der Waals surface area (Å²) < 4.78 is 2.19. The molecule has 0 amide bonds. The van der Waals surface area contributed by atoms with E-state index in [-0.39, 0.29) is 0 Å². The first-order valence-corrected chi connectivity index (χ1v) is 10.8. The molecule has 0 aliphatic rings. The van der Waals surface area contributed by atoms with Crippen molar-refractivity contribution in [3.63, 3.8) is 0 Å². The molecule has 4 aromatic carbocycles. The monoisotopic (exact) mass is 411 g/mol. The van der Waals surface area contributed by atoms with Gasteiger partial charge in [0.1, 0.15) is 0 Å². The minimum absolute atomic E-state index is 0.682. The van der Waals surface area contributed by atoms with Gasteiger partial charge in [-0.15, -0.1) is 0 Å². The van der Waals surface area contributed by atoms with Crippen molar-refractivity contribution < 1.29 is 0 Å². The van der Waals surface area contributed by atoms with Gasteiger partial charge >= 0.3 is 0 Å². The molecule has 6 aromatic rings. The topological polar surface area (TPSA) is 30.7 Å². The fourth-order valence-corrected chi connectivity index (χ4v) is 4.34. The molecule has 0 aliphatic carbocycles. The number of fused-ring (bicyclic) bond motifs is 3. The first-order valence-electron chi connectivity index (χ1n) is 10.8. The van der Waals surface area contributed by atoms with E-state index in [1.807, 2.05) is 36.4 Å². The highest BCUT2D eigenvalue weighted by Crippen LogP contribution is 2.33. The largest absolute Gasteiger partial charge is 0.278 e. The standard InChI is InChI=1S/C29H21N3/c1-20-16-17-24-23-14-8-9-15-27(23)32(28(24)18-20)29-30-25(21-10-4-2-5-11-21)19-26(31-29)22-12-6-3-7-13-22/h2-19H,1H3. The van der Waals surface area contributed by atoms with Crippen LogP contribution in [0.15, 0.2) is 109 Å². The molecule has 152 valence electrons. The van der Waals surface area contributed by atoms with Crippen molar-refractivity contribution in [3.05, 3.63) is 115 Å². The second kappa shape index (κ2) is 7.47. The number of nitrogens with zero attached hydrogens (tertiary/aromatic N) is 3. The minimum atomic E-state index is 0.682. The van der Waals surface area contributed by atoms with Gasteiger partial charge in [0.2, 0.25) is 5.95 Å². The van der Waals surface area contributed by atoms with Gasteiger partial charge in [-0.05, 0) is 30.7 Å². The first kappa shape index (κ1) is 18.5. The van der Waals surface area contributed by atoms with Crippen molar-refractivity contribution in [2.75, 3.05) is 0 Å². The van der Waals surface area contributed by atoms with E-state index < -0.39 is 0 Å². The molecule has 0 saturated carbocycles. The number of aryl methyl sites for hydroxylation is 1. The maximum absolute atomic E-state index is 5.05. The van der Waals surface area contributed by atoms with Crippen LogP contribution in [0.2, 0.25) is 0 Å². The molecule has 0 aliphatic heterocycles. The van der Waals surface area contributed by atoms with Crippen molar-refractivity contribution in [2.24, 2.45) is 0 Å². The summed E-state index contributed by atoms with van der Waals surface area (Å²) in [5.74, 6) is 0.682. The van der Waals surface area contributed by atoms with Crippen LogP contribution in [-0.2, 0) is 0 Å². The molecule has 0 saturated heterocycles. The maximum atomic E-state index is 5.05. The fourth-order valence-electron chi connectivity index (χ4n) is 4.34. The van der Waals surface area contributed by atoms with Gasteiger partial charge in [0.15, 0.2) is 0 Å². The van der Waals surface area contributed by atoms with Crippen molar-refractivity contribution >= 4 is 21.8 Å². The van der Waals surface area contributed by atoms with Crippen LogP contribution in [0, 0.1) is 6.92 Å². The summed E-state index contributed by atoms with van der Waals surface area (Å²) in [7, 11) is 0. The smallest absolute Gasteiger partial charge is 0.235 e. The highest BCUT2D eigenvalue weighted by molar-refractivity contribution is 6.09. The number of aromatic nitrogens is 3. The van der Waals surface area contributed by atoms with Crippen LogP contribution in [0.5, 0.6) is 0 Å². The SMILES string of the molecule is Cc1ccc2c3ccccc3n(-c3nc(-c4ccccc4)cc(-c4ccccc4)n3)c2c1. The Kier molecular flexibility index (Phi) is 4.32. The quantitative estimate of drug-likeness (QED) is 0.308. The van der Waals surface area contributed by atoms with Crippen LogP contribution in [0.4, 0.5) is 0 Å². The molecule has 0 bridgehead atoms.